The molecule has 0 saturated heterocycles. The summed E-state index contributed by atoms with van der Waals surface area (Å²) in [5.74, 6) is 4.97. The summed E-state index contributed by atoms with van der Waals surface area (Å²) in [5.41, 5.74) is 2.00. The third-order valence-corrected chi connectivity index (χ3v) is 2.51. The molecule has 0 unspecified atom stereocenters. The average Bonchev–Trinajstić information content (AvgIpc) is 2.00. The van der Waals surface area contributed by atoms with E-state index in [0.717, 1.165) is 20.6 Å². The van der Waals surface area contributed by atoms with Gasteiger partial charge in [-0.1, -0.05) is 27.5 Å². The van der Waals surface area contributed by atoms with E-state index in [9.17, 15) is 0 Å². The van der Waals surface area contributed by atoms with Crippen LogP contribution in [-0.2, 0) is 11.4 Å². The van der Waals surface area contributed by atoms with E-state index in [0.29, 0.717) is 6.61 Å². The van der Waals surface area contributed by atoms with Crippen LogP contribution in [0.15, 0.2) is 16.6 Å². The molecule has 0 aromatic heterocycles. The van der Waals surface area contributed by atoms with Crippen molar-refractivity contribution in [2.45, 2.75) is 13.5 Å². The molecule has 0 amide bonds. The first-order chi connectivity index (χ1) is 5.65. The van der Waals surface area contributed by atoms with Crippen LogP contribution in [0.25, 0.3) is 0 Å². The van der Waals surface area contributed by atoms with Gasteiger partial charge in [-0.05, 0) is 30.2 Å². The van der Waals surface area contributed by atoms with Gasteiger partial charge in [-0.2, -0.15) is 0 Å². The first-order valence-electron chi connectivity index (χ1n) is 3.41. The van der Waals surface area contributed by atoms with E-state index >= 15 is 0 Å². The molecule has 1 aromatic carbocycles. The Hall–Kier alpha value is -0.0900. The lowest BCUT2D eigenvalue weighted by molar-refractivity contribution is 0.123. The molecule has 0 heterocycles. The lowest BCUT2D eigenvalue weighted by atomic mass is 10.1. The minimum Gasteiger partial charge on any atom is -0.300 e. The van der Waals surface area contributed by atoms with Crippen molar-refractivity contribution in [3.63, 3.8) is 0 Å². The molecule has 2 nitrogen and oxygen atoms in total. The Morgan fingerprint density at radius 1 is 1.58 bits per heavy atom. The summed E-state index contributed by atoms with van der Waals surface area (Å²) in [6, 6.07) is 3.78. The molecule has 0 radical (unpaired) electrons. The summed E-state index contributed by atoms with van der Waals surface area (Å²) < 4.78 is 0.935. The maximum absolute atomic E-state index is 5.93. The molecular formula is C8H9BrClNO. The molecular weight excluding hydrogens is 241 g/mol. The zero-order valence-corrected chi connectivity index (χ0v) is 8.95. The Labute approximate surface area is 84.7 Å². The number of rotatable bonds is 2. The van der Waals surface area contributed by atoms with Gasteiger partial charge in [-0.25, -0.2) is 5.90 Å². The van der Waals surface area contributed by atoms with Crippen molar-refractivity contribution in [1.29, 1.82) is 0 Å². The molecule has 0 saturated carbocycles. The van der Waals surface area contributed by atoms with Crippen molar-refractivity contribution in [1.82, 2.24) is 0 Å². The number of hydrogen-bond donors (Lipinski definition) is 1. The lowest BCUT2D eigenvalue weighted by Crippen LogP contribution is -2.00. The largest absolute Gasteiger partial charge is 0.300 e. The van der Waals surface area contributed by atoms with Crippen LogP contribution < -0.4 is 5.90 Å². The smallest absolute Gasteiger partial charge is 0.0933 e. The molecule has 12 heavy (non-hydrogen) atoms. The highest BCUT2D eigenvalue weighted by atomic mass is 79.9. The van der Waals surface area contributed by atoms with Gasteiger partial charge in [0.15, 0.2) is 0 Å². The highest BCUT2D eigenvalue weighted by Gasteiger charge is 2.03. The first kappa shape index (κ1) is 9.99. The van der Waals surface area contributed by atoms with E-state index in [4.69, 9.17) is 17.5 Å². The van der Waals surface area contributed by atoms with Crippen LogP contribution in [0.2, 0.25) is 5.02 Å². The van der Waals surface area contributed by atoms with Gasteiger partial charge in [0.25, 0.3) is 0 Å². The monoisotopic (exact) mass is 249 g/mol. The summed E-state index contributed by atoms with van der Waals surface area (Å²) in [6.07, 6.45) is 0. The minimum absolute atomic E-state index is 0.380. The van der Waals surface area contributed by atoms with Gasteiger partial charge in [-0.3, -0.25) is 4.84 Å². The van der Waals surface area contributed by atoms with E-state index in [1.807, 2.05) is 19.1 Å². The number of hydrogen-bond acceptors (Lipinski definition) is 2. The summed E-state index contributed by atoms with van der Waals surface area (Å²) >= 11 is 9.26. The molecule has 66 valence electrons. The third-order valence-electron chi connectivity index (χ3n) is 1.66. The number of benzene rings is 1. The van der Waals surface area contributed by atoms with Crippen molar-refractivity contribution in [3.8, 4) is 0 Å². The summed E-state index contributed by atoms with van der Waals surface area (Å²) in [6.45, 7) is 2.31. The van der Waals surface area contributed by atoms with Crippen molar-refractivity contribution < 1.29 is 4.84 Å². The van der Waals surface area contributed by atoms with Crippen molar-refractivity contribution >= 4 is 27.5 Å². The van der Waals surface area contributed by atoms with Crippen LogP contribution >= 0.6 is 27.5 Å². The van der Waals surface area contributed by atoms with Crippen LogP contribution in [0.3, 0.4) is 0 Å². The fourth-order valence-electron chi connectivity index (χ4n) is 0.939. The second-order valence-electron chi connectivity index (χ2n) is 2.48. The molecule has 2 N–H and O–H groups in total. The van der Waals surface area contributed by atoms with Crippen LogP contribution in [0.5, 0.6) is 0 Å². The fourth-order valence-corrected chi connectivity index (χ4v) is 1.81. The van der Waals surface area contributed by atoms with E-state index in [1.54, 1.807) is 0 Å². The molecule has 1 aromatic rings. The average molecular weight is 251 g/mol. The minimum atomic E-state index is 0.380. The van der Waals surface area contributed by atoms with E-state index in [1.165, 1.54) is 0 Å². The Balaban J connectivity index is 3.09. The Morgan fingerprint density at radius 2 is 2.25 bits per heavy atom. The van der Waals surface area contributed by atoms with Gasteiger partial charge in [0.1, 0.15) is 0 Å². The van der Waals surface area contributed by atoms with Crippen LogP contribution in [-0.4, -0.2) is 0 Å². The molecule has 1 rings (SSSR count). The molecule has 0 aliphatic carbocycles. The normalized spacial score (nSPS) is 10.3. The standard InChI is InChI=1S/C8H9BrClNO/c1-5-6(4-12-11)2-7(9)3-8(5)10/h2-3H,4,11H2,1H3. The number of halogens is 2. The molecule has 0 aliphatic heterocycles. The predicted molar refractivity (Wildman–Crippen MR) is 52.9 cm³/mol. The Morgan fingerprint density at radius 3 is 2.83 bits per heavy atom. The van der Waals surface area contributed by atoms with Gasteiger partial charge in [-0.15, -0.1) is 0 Å². The second-order valence-corrected chi connectivity index (χ2v) is 3.81. The Kier molecular flexibility index (Phi) is 3.53. The van der Waals surface area contributed by atoms with E-state index in [-0.39, 0.29) is 0 Å². The van der Waals surface area contributed by atoms with Gasteiger partial charge < -0.3 is 0 Å². The summed E-state index contributed by atoms with van der Waals surface area (Å²) in [7, 11) is 0. The highest BCUT2D eigenvalue weighted by Crippen LogP contribution is 2.24. The first-order valence-corrected chi connectivity index (χ1v) is 4.58. The van der Waals surface area contributed by atoms with Crippen molar-refractivity contribution in [2.75, 3.05) is 0 Å². The predicted octanol–water partition coefficient (Wildman–Crippen LogP) is 2.80. The molecule has 0 atom stereocenters. The summed E-state index contributed by atoms with van der Waals surface area (Å²) in [4.78, 5) is 4.54. The number of nitrogens with two attached hydrogens (primary N) is 1. The van der Waals surface area contributed by atoms with E-state index in [2.05, 4.69) is 20.8 Å². The summed E-state index contributed by atoms with van der Waals surface area (Å²) in [5, 5.41) is 0.719. The van der Waals surface area contributed by atoms with Gasteiger partial charge in [0.2, 0.25) is 0 Å². The van der Waals surface area contributed by atoms with Crippen molar-refractivity contribution in [3.05, 3.63) is 32.8 Å². The SMILES string of the molecule is Cc1c(Cl)cc(Br)cc1CON. The second kappa shape index (κ2) is 4.23. The van der Waals surface area contributed by atoms with Gasteiger partial charge >= 0.3 is 0 Å². The lowest BCUT2D eigenvalue weighted by Gasteiger charge is -2.06. The van der Waals surface area contributed by atoms with Gasteiger partial charge in [0.05, 0.1) is 6.61 Å². The third kappa shape index (κ3) is 2.20. The quantitative estimate of drug-likeness (QED) is 0.819. The van der Waals surface area contributed by atoms with Crippen LogP contribution in [0, 0.1) is 6.92 Å². The van der Waals surface area contributed by atoms with Crippen molar-refractivity contribution in [2.24, 2.45) is 5.90 Å². The maximum atomic E-state index is 5.93. The molecule has 0 aliphatic rings. The molecule has 0 bridgehead atoms. The van der Waals surface area contributed by atoms with Crippen LogP contribution in [0.4, 0.5) is 0 Å². The van der Waals surface area contributed by atoms with Crippen LogP contribution in [0.1, 0.15) is 11.1 Å². The zero-order chi connectivity index (χ0) is 9.14. The highest BCUT2D eigenvalue weighted by molar-refractivity contribution is 9.10. The Bertz CT molecular complexity index is 291. The topological polar surface area (TPSA) is 35.2 Å². The maximum Gasteiger partial charge on any atom is 0.0933 e. The van der Waals surface area contributed by atoms with Gasteiger partial charge in [0, 0.05) is 9.50 Å². The fraction of sp³-hybridized carbons (Fsp3) is 0.250. The molecule has 0 spiro atoms. The van der Waals surface area contributed by atoms with E-state index < -0.39 is 0 Å². The zero-order valence-electron chi connectivity index (χ0n) is 6.60. The molecule has 0 fully saturated rings. The molecule has 4 heteroatoms.